The molecule has 0 saturated heterocycles. The van der Waals surface area contributed by atoms with Gasteiger partial charge in [0.2, 0.25) is 0 Å². The van der Waals surface area contributed by atoms with Gasteiger partial charge in [0.1, 0.15) is 5.82 Å². The van der Waals surface area contributed by atoms with Gasteiger partial charge in [-0.1, -0.05) is 23.7 Å². The third kappa shape index (κ3) is 2.27. The number of nitrogens with zero attached hydrogens (tertiary/aromatic N) is 2. The monoisotopic (exact) mass is 239 g/mol. The second-order valence-electron chi connectivity index (χ2n) is 3.31. The van der Waals surface area contributed by atoms with E-state index >= 15 is 0 Å². The third-order valence-electron chi connectivity index (χ3n) is 2.22. The van der Waals surface area contributed by atoms with Gasteiger partial charge in [-0.15, -0.1) is 0 Å². The Labute approximate surface area is 97.7 Å². The van der Waals surface area contributed by atoms with E-state index in [2.05, 4.69) is 10.2 Å². The maximum absolute atomic E-state index is 5.90. The van der Waals surface area contributed by atoms with Crippen LogP contribution in [-0.2, 0) is 13.5 Å². The third-order valence-corrected chi connectivity index (χ3v) is 2.82. The van der Waals surface area contributed by atoms with E-state index in [9.17, 15) is 0 Å². The fraction of sp³-hybridized carbons (Fsp3) is 0.200. The summed E-state index contributed by atoms with van der Waals surface area (Å²) in [5.41, 5.74) is 1.12. The second-order valence-corrected chi connectivity index (χ2v) is 4.13. The zero-order chi connectivity index (χ0) is 10.8. The van der Waals surface area contributed by atoms with Gasteiger partial charge >= 0.3 is 0 Å². The number of hydrogen-bond acceptors (Lipinski definition) is 2. The Morgan fingerprint density at radius 2 is 2.33 bits per heavy atom. The van der Waals surface area contributed by atoms with Gasteiger partial charge in [-0.25, -0.2) is 0 Å². The predicted molar refractivity (Wildman–Crippen MR) is 62.7 cm³/mol. The minimum absolute atomic E-state index is 0.632. The second kappa shape index (κ2) is 4.16. The number of aromatic amines is 1. The number of halogens is 1. The minimum atomic E-state index is 0.632. The molecule has 5 heteroatoms. The maximum atomic E-state index is 5.90. The van der Waals surface area contributed by atoms with Crippen molar-refractivity contribution in [2.24, 2.45) is 7.05 Å². The molecule has 78 valence electrons. The molecule has 1 heterocycles. The molecule has 2 rings (SSSR count). The van der Waals surface area contributed by atoms with Crippen molar-refractivity contribution in [2.75, 3.05) is 0 Å². The summed E-state index contributed by atoms with van der Waals surface area (Å²) in [5.74, 6) is 0.905. The first-order valence-electron chi connectivity index (χ1n) is 4.51. The Morgan fingerprint density at radius 3 is 2.93 bits per heavy atom. The Balaban J connectivity index is 2.29. The first kappa shape index (κ1) is 10.4. The molecule has 1 aromatic carbocycles. The quantitative estimate of drug-likeness (QED) is 0.818. The van der Waals surface area contributed by atoms with E-state index in [1.807, 2.05) is 35.9 Å². The van der Waals surface area contributed by atoms with Crippen LogP contribution in [0, 0.1) is 4.77 Å². The van der Waals surface area contributed by atoms with Gasteiger partial charge in [-0.3, -0.25) is 5.10 Å². The van der Waals surface area contributed by atoms with Gasteiger partial charge in [0.15, 0.2) is 4.77 Å². The molecule has 0 atom stereocenters. The van der Waals surface area contributed by atoms with Crippen molar-refractivity contribution in [1.82, 2.24) is 14.8 Å². The van der Waals surface area contributed by atoms with Crippen LogP contribution in [0.2, 0.25) is 5.02 Å². The molecule has 0 fully saturated rings. The summed E-state index contributed by atoms with van der Waals surface area (Å²) in [4.78, 5) is 0. The van der Waals surface area contributed by atoms with Crippen LogP contribution >= 0.6 is 23.8 Å². The smallest absolute Gasteiger partial charge is 0.194 e. The SMILES string of the molecule is Cn1c(Cc2cccc(Cl)c2)n[nH]c1=S. The van der Waals surface area contributed by atoms with Crippen LogP contribution < -0.4 is 0 Å². The van der Waals surface area contributed by atoms with E-state index in [0.29, 0.717) is 4.77 Å². The fourth-order valence-electron chi connectivity index (χ4n) is 1.37. The number of benzene rings is 1. The standard InChI is InChI=1S/C10H10ClN3S/c1-14-9(12-13-10(14)15)6-7-3-2-4-8(11)5-7/h2-5H,6H2,1H3,(H,13,15). The van der Waals surface area contributed by atoms with Gasteiger partial charge in [0.25, 0.3) is 0 Å². The van der Waals surface area contributed by atoms with E-state index < -0.39 is 0 Å². The van der Waals surface area contributed by atoms with Crippen LogP contribution in [0.15, 0.2) is 24.3 Å². The van der Waals surface area contributed by atoms with Gasteiger partial charge in [-0.05, 0) is 29.9 Å². The Kier molecular flexibility index (Phi) is 2.88. The number of hydrogen-bond donors (Lipinski definition) is 1. The van der Waals surface area contributed by atoms with Crippen molar-refractivity contribution in [3.05, 3.63) is 45.4 Å². The highest BCUT2D eigenvalue weighted by molar-refractivity contribution is 7.71. The molecule has 1 N–H and O–H groups in total. The van der Waals surface area contributed by atoms with Crippen LogP contribution in [0.25, 0.3) is 0 Å². The normalized spacial score (nSPS) is 10.5. The molecule has 0 aliphatic carbocycles. The van der Waals surface area contributed by atoms with E-state index in [0.717, 1.165) is 22.8 Å². The lowest BCUT2D eigenvalue weighted by Gasteiger charge is -2.01. The summed E-state index contributed by atoms with van der Waals surface area (Å²) in [7, 11) is 1.89. The maximum Gasteiger partial charge on any atom is 0.194 e. The Bertz CT molecular complexity index is 529. The number of rotatable bonds is 2. The molecule has 0 saturated carbocycles. The molecule has 3 nitrogen and oxygen atoms in total. The molecule has 0 unspecified atom stereocenters. The minimum Gasteiger partial charge on any atom is -0.307 e. The summed E-state index contributed by atoms with van der Waals surface area (Å²) in [6.07, 6.45) is 0.726. The van der Waals surface area contributed by atoms with Gasteiger partial charge < -0.3 is 4.57 Å². The van der Waals surface area contributed by atoms with E-state index in [4.69, 9.17) is 23.8 Å². The molecule has 2 aromatic rings. The molecule has 0 amide bonds. The highest BCUT2D eigenvalue weighted by atomic mass is 35.5. The molecule has 0 bridgehead atoms. The van der Waals surface area contributed by atoms with Gasteiger partial charge in [-0.2, -0.15) is 5.10 Å². The van der Waals surface area contributed by atoms with E-state index in [1.54, 1.807) is 0 Å². The van der Waals surface area contributed by atoms with Crippen molar-refractivity contribution in [3.8, 4) is 0 Å². The first-order valence-corrected chi connectivity index (χ1v) is 5.30. The summed E-state index contributed by atoms with van der Waals surface area (Å²) >= 11 is 10.9. The fourth-order valence-corrected chi connectivity index (χ4v) is 1.73. The van der Waals surface area contributed by atoms with Crippen LogP contribution in [0.3, 0.4) is 0 Å². The number of H-pyrrole nitrogens is 1. The van der Waals surface area contributed by atoms with Crippen molar-refractivity contribution in [3.63, 3.8) is 0 Å². The lowest BCUT2D eigenvalue weighted by molar-refractivity contribution is 0.813. The topological polar surface area (TPSA) is 33.6 Å². The first-order chi connectivity index (χ1) is 7.16. The van der Waals surface area contributed by atoms with Crippen LogP contribution in [-0.4, -0.2) is 14.8 Å². The molecule has 0 radical (unpaired) electrons. The molecule has 0 aliphatic rings. The Hall–Kier alpha value is -1.13. The van der Waals surface area contributed by atoms with Crippen LogP contribution in [0.4, 0.5) is 0 Å². The summed E-state index contributed by atoms with van der Waals surface area (Å²) in [5, 5.41) is 7.64. The highest BCUT2D eigenvalue weighted by Crippen LogP contribution is 2.13. The Morgan fingerprint density at radius 1 is 1.53 bits per heavy atom. The molecule has 1 aromatic heterocycles. The molecule has 0 aliphatic heterocycles. The number of nitrogens with one attached hydrogen (secondary N) is 1. The zero-order valence-electron chi connectivity index (χ0n) is 8.20. The van der Waals surface area contributed by atoms with E-state index in [1.165, 1.54) is 0 Å². The lowest BCUT2D eigenvalue weighted by atomic mass is 10.1. The average Bonchev–Trinajstić information content (AvgIpc) is 2.50. The van der Waals surface area contributed by atoms with Crippen molar-refractivity contribution in [1.29, 1.82) is 0 Å². The zero-order valence-corrected chi connectivity index (χ0v) is 9.77. The van der Waals surface area contributed by atoms with Gasteiger partial charge in [0, 0.05) is 18.5 Å². The van der Waals surface area contributed by atoms with Gasteiger partial charge in [0.05, 0.1) is 0 Å². The van der Waals surface area contributed by atoms with Crippen molar-refractivity contribution < 1.29 is 0 Å². The summed E-state index contributed by atoms with van der Waals surface area (Å²) < 4.78 is 2.49. The highest BCUT2D eigenvalue weighted by Gasteiger charge is 2.03. The van der Waals surface area contributed by atoms with Crippen LogP contribution in [0.5, 0.6) is 0 Å². The van der Waals surface area contributed by atoms with Crippen LogP contribution in [0.1, 0.15) is 11.4 Å². The summed E-state index contributed by atoms with van der Waals surface area (Å²) in [6, 6.07) is 7.73. The van der Waals surface area contributed by atoms with Crippen molar-refractivity contribution >= 4 is 23.8 Å². The summed E-state index contributed by atoms with van der Waals surface area (Å²) in [6.45, 7) is 0. The largest absolute Gasteiger partial charge is 0.307 e. The molecule has 15 heavy (non-hydrogen) atoms. The molecular formula is C10H10ClN3S. The van der Waals surface area contributed by atoms with Crippen molar-refractivity contribution in [2.45, 2.75) is 6.42 Å². The average molecular weight is 240 g/mol. The molecular weight excluding hydrogens is 230 g/mol. The lowest BCUT2D eigenvalue weighted by Crippen LogP contribution is -1.99. The van der Waals surface area contributed by atoms with E-state index in [-0.39, 0.29) is 0 Å². The number of aromatic nitrogens is 3. The predicted octanol–water partition coefficient (Wildman–Crippen LogP) is 2.72. The molecule has 0 spiro atoms.